The van der Waals surface area contributed by atoms with Gasteiger partial charge in [0.05, 0.1) is 5.75 Å². The van der Waals surface area contributed by atoms with Crippen molar-refractivity contribution in [3.05, 3.63) is 78.0 Å². The second-order valence-electron chi connectivity index (χ2n) is 6.43. The van der Waals surface area contributed by atoms with Gasteiger partial charge >= 0.3 is 0 Å². The molecule has 2 aromatic carbocycles. The minimum atomic E-state index is -0.419. The molecule has 4 aromatic rings. The summed E-state index contributed by atoms with van der Waals surface area (Å²) in [5.74, 6) is 2.05. The Morgan fingerprint density at radius 1 is 1.07 bits per heavy atom. The fraction of sp³-hybridized carbons (Fsp3) is 0.238. The number of hydrogen-bond acceptors (Lipinski definition) is 7. The summed E-state index contributed by atoms with van der Waals surface area (Å²) in [4.78, 5) is 4.39. The first kappa shape index (κ1) is 20.1. The average Bonchev–Trinajstić information content (AvgIpc) is 3.39. The van der Waals surface area contributed by atoms with E-state index < -0.39 is 5.82 Å². The fourth-order valence-corrected chi connectivity index (χ4v) is 3.63. The summed E-state index contributed by atoms with van der Waals surface area (Å²) in [6.07, 6.45) is 1.71. The van der Waals surface area contributed by atoms with Crippen molar-refractivity contribution < 1.29 is 13.7 Å². The van der Waals surface area contributed by atoms with Crippen molar-refractivity contribution in [3.63, 3.8) is 0 Å². The Morgan fingerprint density at radius 3 is 2.67 bits per heavy atom. The molecule has 2 heterocycles. The Bertz CT molecular complexity index is 1100. The number of benzene rings is 2. The van der Waals surface area contributed by atoms with Gasteiger partial charge in [-0.15, -0.1) is 10.2 Å². The van der Waals surface area contributed by atoms with Gasteiger partial charge in [-0.1, -0.05) is 54.2 Å². The number of rotatable bonds is 9. The number of ether oxygens (including phenoxy) is 1. The first-order valence-corrected chi connectivity index (χ1v) is 10.5. The highest BCUT2D eigenvalue weighted by Gasteiger charge is 2.17. The number of halogens is 1. The first-order valence-electron chi connectivity index (χ1n) is 9.56. The standard InChI is InChI=1S/C21H20FN5O2S/c1-2-8-20-23-18(26-29-20)14-30-21-25-24-19(27(21)15-9-4-3-5-10-15)13-28-17-12-7-6-11-16(17)22/h3-7,9-12H,2,8,13-14H2,1H3. The zero-order valence-electron chi connectivity index (χ0n) is 16.4. The molecule has 0 aliphatic heterocycles. The SMILES string of the molecule is CCCc1nc(CSc2nnc(COc3ccccc3F)n2-c2ccccc2)no1. The molecule has 4 rings (SSSR count). The van der Waals surface area contributed by atoms with Gasteiger partial charge in [0.15, 0.2) is 28.4 Å². The van der Waals surface area contributed by atoms with Crippen LogP contribution in [0.5, 0.6) is 5.75 Å². The van der Waals surface area contributed by atoms with E-state index in [1.807, 2.05) is 34.9 Å². The van der Waals surface area contributed by atoms with Gasteiger partial charge in [0, 0.05) is 12.1 Å². The molecule has 0 spiro atoms. The third-order valence-corrected chi connectivity index (χ3v) is 5.14. The molecule has 0 fully saturated rings. The quantitative estimate of drug-likeness (QED) is 0.362. The van der Waals surface area contributed by atoms with Crippen molar-refractivity contribution in [2.24, 2.45) is 0 Å². The fourth-order valence-electron chi connectivity index (χ4n) is 2.82. The minimum Gasteiger partial charge on any atom is -0.483 e. The van der Waals surface area contributed by atoms with Crippen LogP contribution in [0.15, 0.2) is 64.3 Å². The lowest BCUT2D eigenvalue weighted by molar-refractivity contribution is 0.278. The van der Waals surface area contributed by atoms with Crippen LogP contribution in [0.25, 0.3) is 5.69 Å². The zero-order valence-corrected chi connectivity index (χ0v) is 17.2. The van der Waals surface area contributed by atoms with Gasteiger partial charge in [-0.25, -0.2) is 4.39 Å². The van der Waals surface area contributed by atoms with Crippen LogP contribution in [0.3, 0.4) is 0 Å². The number of thioether (sulfide) groups is 1. The normalized spacial score (nSPS) is 11.0. The molecule has 0 aliphatic carbocycles. The molecule has 154 valence electrons. The molecule has 0 saturated heterocycles. The molecular weight excluding hydrogens is 405 g/mol. The van der Waals surface area contributed by atoms with Crippen molar-refractivity contribution in [2.75, 3.05) is 0 Å². The van der Waals surface area contributed by atoms with Crippen molar-refractivity contribution in [1.82, 2.24) is 24.9 Å². The monoisotopic (exact) mass is 425 g/mol. The van der Waals surface area contributed by atoms with Crippen molar-refractivity contribution >= 4 is 11.8 Å². The van der Waals surface area contributed by atoms with Gasteiger partial charge in [-0.3, -0.25) is 4.57 Å². The van der Waals surface area contributed by atoms with Gasteiger partial charge < -0.3 is 9.26 Å². The largest absolute Gasteiger partial charge is 0.483 e. The molecule has 2 aromatic heterocycles. The molecule has 0 saturated carbocycles. The molecule has 9 heteroatoms. The molecule has 0 aliphatic rings. The molecule has 7 nitrogen and oxygen atoms in total. The van der Waals surface area contributed by atoms with Gasteiger partial charge in [0.2, 0.25) is 5.89 Å². The van der Waals surface area contributed by atoms with Crippen LogP contribution in [-0.4, -0.2) is 24.9 Å². The molecule has 0 bridgehead atoms. The average molecular weight is 425 g/mol. The summed E-state index contributed by atoms with van der Waals surface area (Å²) in [5.41, 5.74) is 0.886. The van der Waals surface area contributed by atoms with E-state index in [2.05, 4.69) is 27.3 Å². The number of aromatic nitrogens is 5. The van der Waals surface area contributed by atoms with Gasteiger partial charge in [-0.2, -0.15) is 4.98 Å². The van der Waals surface area contributed by atoms with E-state index in [-0.39, 0.29) is 12.4 Å². The summed E-state index contributed by atoms with van der Waals surface area (Å²) in [7, 11) is 0. The smallest absolute Gasteiger partial charge is 0.226 e. The van der Waals surface area contributed by atoms with Gasteiger partial charge in [0.1, 0.15) is 6.61 Å². The van der Waals surface area contributed by atoms with E-state index in [4.69, 9.17) is 9.26 Å². The van der Waals surface area contributed by atoms with E-state index in [9.17, 15) is 4.39 Å². The van der Waals surface area contributed by atoms with Gasteiger partial charge in [-0.05, 0) is 30.7 Å². The number of para-hydroxylation sites is 2. The number of aryl methyl sites for hydroxylation is 1. The molecule has 0 unspecified atom stereocenters. The number of nitrogens with zero attached hydrogens (tertiary/aromatic N) is 5. The van der Waals surface area contributed by atoms with E-state index in [1.165, 1.54) is 17.8 Å². The molecule has 0 radical (unpaired) electrons. The maximum Gasteiger partial charge on any atom is 0.226 e. The summed E-state index contributed by atoms with van der Waals surface area (Å²) in [6, 6.07) is 16.0. The van der Waals surface area contributed by atoms with Crippen LogP contribution in [-0.2, 0) is 18.8 Å². The molecule has 0 amide bonds. The number of hydrogen-bond donors (Lipinski definition) is 0. The Balaban J connectivity index is 1.55. The lowest BCUT2D eigenvalue weighted by atomic mass is 10.3. The summed E-state index contributed by atoms with van der Waals surface area (Å²) in [6.45, 7) is 2.14. The zero-order chi connectivity index (χ0) is 20.8. The third kappa shape index (κ3) is 4.68. The first-order chi connectivity index (χ1) is 14.7. The Hall–Kier alpha value is -3.20. The van der Waals surface area contributed by atoms with Crippen LogP contribution in [0.1, 0.15) is 30.9 Å². The van der Waals surface area contributed by atoms with Crippen LogP contribution in [0.2, 0.25) is 0 Å². The summed E-state index contributed by atoms with van der Waals surface area (Å²) < 4.78 is 26.7. The minimum absolute atomic E-state index is 0.0756. The van der Waals surface area contributed by atoms with Crippen molar-refractivity contribution in [3.8, 4) is 11.4 Å². The van der Waals surface area contributed by atoms with E-state index >= 15 is 0 Å². The molecule has 30 heavy (non-hydrogen) atoms. The highest BCUT2D eigenvalue weighted by Crippen LogP contribution is 2.25. The van der Waals surface area contributed by atoms with Crippen LogP contribution in [0.4, 0.5) is 4.39 Å². The van der Waals surface area contributed by atoms with E-state index in [1.54, 1.807) is 18.2 Å². The summed E-state index contributed by atoms with van der Waals surface area (Å²) >= 11 is 1.45. The predicted octanol–water partition coefficient (Wildman–Crippen LogP) is 4.61. The topological polar surface area (TPSA) is 78.9 Å². The second kappa shape index (κ2) is 9.53. The van der Waals surface area contributed by atoms with E-state index in [0.29, 0.717) is 28.4 Å². The lowest BCUT2D eigenvalue weighted by Gasteiger charge is -2.11. The Labute approximate surface area is 177 Å². The van der Waals surface area contributed by atoms with Crippen LogP contribution >= 0.6 is 11.8 Å². The second-order valence-corrected chi connectivity index (χ2v) is 7.37. The van der Waals surface area contributed by atoms with Crippen LogP contribution < -0.4 is 4.74 Å². The van der Waals surface area contributed by atoms with Crippen molar-refractivity contribution in [2.45, 2.75) is 37.3 Å². The maximum absolute atomic E-state index is 13.9. The van der Waals surface area contributed by atoms with Crippen molar-refractivity contribution in [1.29, 1.82) is 0 Å². The highest BCUT2D eigenvalue weighted by molar-refractivity contribution is 7.98. The Morgan fingerprint density at radius 2 is 1.87 bits per heavy atom. The van der Waals surface area contributed by atoms with E-state index in [0.717, 1.165) is 18.5 Å². The molecule has 0 atom stereocenters. The molecular formula is C21H20FN5O2S. The van der Waals surface area contributed by atoms with Gasteiger partial charge in [0.25, 0.3) is 0 Å². The lowest BCUT2D eigenvalue weighted by Crippen LogP contribution is -2.07. The predicted molar refractivity (Wildman–Crippen MR) is 110 cm³/mol. The summed E-state index contributed by atoms with van der Waals surface area (Å²) in [5, 5.41) is 13.2. The Kier molecular flexibility index (Phi) is 6.38. The highest BCUT2D eigenvalue weighted by atomic mass is 32.2. The maximum atomic E-state index is 13.9. The third-order valence-electron chi connectivity index (χ3n) is 4.21. The molecule has 0 N–H and O–H groups in total. The van der Waals surface area contributed by atoms with Crippen LogP contribution in [0, 0.1) is 5.82 Å².